The fourth-order valence-corrected chi connectivity index (χ4v) is 2.23. The van der Waals surface area contributed by atoms with E-state index in [0.717, 1.165) is 0 Å². The van der Waals surface area contributed by atoms with Crippen LogP contribution in [0.1, 0.15) is 12.5 Å². The Morgan fingerprint density at radius 3 is 2.75 bits per heavy atom. The largest absolute Gasteiger partial charge is 0.484 e. The third kappa shape index (κ3) is 4.17. The van der Waals surface area contributed by atoms with E-state index in [1.165, 1.54) is 6.07 Å². The summed E-state index contributed by atoms with van der Waals surface area (Å²) in [5.41, 5.74) is 0.365. The van der Waals surface area contributed by atoms with Crippen LogP contribution in [0.5, 0.6) is 5.75 Å². The van der Waals surface area contributed by atoms with E-state index in [2.05, 4.69) is 21.2 Å². The highest BCUT2D eigenvalue weighted by atomic mass is 79.9. The van der Waals surface area contributed by atoms with Crippen molar-refractivity contribution in [3.8, 4) is 5.75 Å². The van der Waals surface area contributed by atoms with E-state index in [1.54, 1.807) is 19.9 Å². The van der Waals surface area contributed by atoms with E-state index in [1.807, 2.05) is 0 Å². The van der Waals surface area contributed by atoms with E-state index >= 15 is 0 Å². The third-order valence-corrected chi connectivity index (χ3v) is 3.02. The molecule has 1 rings (SSSR count). The van der Waals surface area contributed by atoms with Crippen LogP contribution in [-0.2, 0) is 4.79 Å². The van der Waals surface area contributed by atoms with Gasteiger partial charge in [-0.15, -0.1) is 0 Å². The summed E-state index contributed by atoms with van der Waals surface area (Å²) in [7, 11) is 0. The fourth-order valence-electron chi connectivity index (χ4n) is 1.67. The second-order valence-electron chi connectivity index (χ2n) is 4.09. The van der Waals surface area contributed by atoms with Gasteiger partial charge in [0.1, 0.15) is 12.6 Å². The number of hydrogen-bond acceptors (Lipinski definition) is 5. The number of hydrogen-bond donors (Lipinski definition) is 2. The van der Waals surface area contributed by atoms with Gasteiger partial charge in [0.25, 0.3) is 0 Å². The number of rotatable bonds is 7. The Hall–Kier alpha value is -1.67. The molecule has 2 N–H and O–H groups in total. The van der Waals surface area contributed by atoms with Gasteiger partial charge in [0.2, 0.25) is 0 Å². The van der Waals surface area contributed by atoms with Gasteiger partial charge in [-0.2, -0.15) is 0 Å². The van der Waals surface area contributed by atoms with Crippen LogP contribution in [-0.4, -0.2) is 35.2 Å². The lowest BCUT2D eigenvalue weighted by Gasteiger charge is -2.15. The standard InChI is InChI=1S/C12H15BrN2O5/c1-3-14-9(12(16)17)6-20-11-7(2)4-8(13)5-10(11)15(18)19/h4-5,9,14H,3,6H2,1-2H3,(H,16,17). The molecule has 0 radical (unpaired) electrons. The molecule has 110 valence electrons. The number of carboxylic acid groups (broad SMARTS) is 1. The Balaban J connectivity index is 2.97. The van der Waals surface area contributed by atoms with Crippen LogP contribution >= 0.6 is 15.9 Å². The molecule has 0 bridgehead atoms. The molecule has 7 nitrogen and oxygen atoms in total. The molecule has 1 aromatic carbocycles. The van der Waals surface area contributed by atoms with Crippen LogP contribution in [0.15, 0.2) is 16.6 Å². The van der Waals surface area contributed by atoms with Crippen LogP contribution < -0.4 is 10.1 Å². The number of benzene rings is 1. The number of nitrogens with zero attached hydrogens (tertiary/aromatic N) is 1. The monoisotopic (exact) mass is 346 g/mol. The number of carbonyl (C=O) groups is 1. The van der Waals surface area contributed by atoms with Crippen LogP contribution in [0.25, 0.3) is 0 Å². The summed E-state index contributed by atoms with van der Waals surface area (Å²) in [6.45, 7) is 3.70. The van der Waals surface area contributed by atoms with E-state index in [9.17, 15) is 14.9 Å². The van der Waals surface area contributed by atoms with Crippen molar-refractivity contribution >= 4 is 27.6 Å². The Kier molecular flexibility index (Phi) is 5.90. The number of nitrogens with one attached hydrogen (secondary N) is 1. The van der Waals surface area contributed by atoms with Crippen molar-refractivity contribution in [2.75, 3.05) is 13.2 Å². The first kappa shape index (κ1) is 16.4. The number of likely N-dealkylation sites (N-methyl/N-ethyl adjacent to an activating group) is 1. The third-order valence-electron chi connectivity index (χ3n) is 2.56. The zero-order valence-electron chi connectivity index (χ0n) is 11.1. The molecular formula is C12H15BrN2O5. The van der Waals surface area contributed by atoms with Gasteiger partial charge >= 0.3 is 11.7 Å². The van der Waals surface area contributed by atoms with E-state index in [-0.39, 0.29) is 18.0 Å². The highest BCUT2D eigenvalue weighted by molar-refractivity contribution is 9.10. The zero-order valence-corrected chi connectivity index (χ0v) is 12.6. The number of aryl methyl sites for hydroxylation is 1. The van der Waals surface area contributed by atoms with E-state index < -0.39 is 16.9 Å². The van der Waals surface area contributed by atoms with Crippen molar-refractivity contribution in [3.63, 3.8) is 0 Å². The molecule has 1 aromatic rings. The summed E-state index contributed by atoms with van der Waals surface area (Å²) in [6, 6.07) is 2.08. The molecule has 8 heteroatoms. The summed E-state index contributed by atoms with van der Waals surface area (Å²) < 4.78 is 5.92. The normalized spacial score (nSPS) is 11.9. The highest BCUT2D eigenvalue weighted by Gasteiger charge is 2.22. The molecule has 0 fully saturated rings. The number of aliphatic carboxylic acids is 1. The number of nitro groups is 1. The molecular weight excluding hydrogens is 332 g/mol. The topological polar surface area (TPSA) is 102 Å². The molecule has 0 saturated carbocycles. The van der Waals surface area contributed by atoms with Crippen LogP contribution in [0.2, 0.25) is 0 Å². The van der Waals surface area contributed by atoms with E-state index in [4.69, 9.17) is 9.84 Å². The summed E-state index contributed by atoms with van der Waals surface area (Å²) >= 11 is 3.18. The molecule has 0 heterocycles. The molecule has 20 heavy (non-hydrogen) atoms. The second-order valence-corrected chi connectivity index (χ2v) is 5.00. The van der Waals surface area contributed by atoms with Gasteiger partial charge < -0.3 is 15.2 Å². The first-order valence-corrected chi connectivity index (χ1v) is 6.69. The lowest BCUT2D eigenvalue weighted by atomic mass is 10.2. The number of ether oxygens (including phenoxy) is 1. The van der Waals surface area contributed by atoms with Crippen LogP contribution in [0.3, 0.4) is 0 Å². The number of carboxylic acids is 1. The van der Waals surface area contributed by atoms with Gasteiger partial charge in [0.15, 0.2) is 5.75 Å². The van der Waals surface area contributed by atoms with Crippen LogP contribution in [0, 0.1) is 17.0 Å². The maximum Gasteiger partial charge on any atom is 0.324 e. The highest BCUT2D eigenvalue weighted by Crippen LogP contribution is 2.34. The first-order valence-electron chi connectivity index (χ1n) is 5.90. The molecule has 0 aromatic heterocycles. The quantitative estimate of drug-likeness (QED) is 0.579. The Bertz CT molecular complexity index is 521. The van der Waals surface area contributed by atoms with E-state index in [0.29, 0.717) is 16.6 Å². The minimum atomic E-state index is -1.07. The van der Waals surface area contributed by atoms with Crippen LogP contribution in [0.4, 0.5) is 5.69 Å². The minimum Gasteiger partial charge on any atom is -0.484 e. The zero-order chi connectivity index (χ0) is 15.3. The Morgan fingerprint density at radius 2 is 2.25 bits per heavy atom. The minimum absolute atomic E-state index is 0.0855. The van der Waals surface area contributed by atoms with Crippen molar-refractivity contribution in [2.24, 2.45) is 0 Å². The van der Waals surface area contributed by atoms with Gasteiger partial charge in [-0.3, -0.25) is 14.9 Å². The maximum atomic E-state index is 11.0. The summed E-state index contributed by atoms with van der Waals surface area (Å²) in [5, 5.41) is 22.7. The van der Waals surface area contributed by atoms with Gasteiger partial charge in [0, 0.05) is 10.5 Å². The van der Waals surface area contributed by atoms with Gasteiger partial charge in [-0.05, 0) is 25.1 Å². The number of nitro benzene ring substituents is 1. The van der Waals surface area contributed by atoms with Crippen molar-refractivity contribution in [1.29, 1.82) is 0 Å². The molecule has 0 amide bonds. The van der Waals surface area contributed by atoms with Crippen molar-refractivity contribution in [1.82, 2.24) is 5.32 Å². The molecule has 0 saturated heterocycles. The number of halogens is 1. The second kappa shape index (κ2) is 7.20. The lowest BCUT2D eigenvalue weighted by molar-refractivity contribution is -0.386. The molecule has 1 atom stereocenters. The molecule has 1 unspecified atom stereocenters. The molecule has 0 aliphatic carbocycles. The lowest BCUT2D eigenvalue weighted by Crippen LogP contribution is -2.41. The summed E-state index contributed by atoms with van der Waals surface area (Å²) in [6.07, 6.45) is 0. The fraction of sp³-hybridized carbons (Fsp3) is 0.417. The van der Waals surface area contributed by atoms with Gasteiger partial charge in [-0.25, -0.2) is 0 Å². The van der Waals surface area contributed by atoms with Crippen molar-refractivity contribution < 1.29 is 19.6 Å². The summed E-state index contributed by atoms with van der Waals surface area (Å²) in [5.74, 6) is -0.980. The van der Waals surface area contributed by atoms with Gasteiger partial charge in [-0.1, -0.05) is 22.9 Å². The Labute approximate surface area is 124 Å². The first-order chi connectivity index (χ1) is 9.36. The molecule has 0 aliphatic rings. The maximum absolute atomic E-state index is 11.0. The predicted octanol–water partition coefficient (Wildman–Crippen LogP) is 2.11. The smallest absolute Gasteiger partial charge is 0.324 e. The predicted molar refractivity (Wildman–Crippen MR) is 76.1 cm³/mol. The Morgan fingerprint density at radius 1 is 1.60 bits per heavy atom. The average molecular weight is 347 g/mol. The average Bonchev–Trinajstić information content (AvgIpc) is 2.34. The van der Waals surface area contributed by atoms with Gasteiger partial charge in [0.05, 0.1) is 4.92 Å². The molecule has 0 spiro atoms. The van der Waals surface area contributed by atoms with Crippen molar-refractivity contribution in [2.45, 2.75) is 19.9 Å². The summed E-state index contributed by atoms with van der Waals surface area (Å²) in [4.78, 5) is 21.4. The SMILES string of the molecule is CCNC(COc1c(C)cc(Br)cc1[N+](=O)[O-])C(=O)O. The van der Waals surface area contributed by atoms with Crippen molar-refractivity contribution in [3.05, 3.63) is 32.3 Å². The molecule has 0 aliphatic heterocycles.